The minimum Gasteiger partial charge on any atom is -0.459 e. The Bertz CT molecular complexity index is 1680. The molecular weight excluding hydrogens is 700 g/mol. The Morgan fingerprint density at radius 1 is 1.07 bits per heavy atom. The number of aliphatic hydroxyl groups excluding tert-OH is 2. The normalized spacial score (nSPS) is 24.8. The van der Waals surface area contributed by atoms with Crippen LogP contribution in [0.3, 0.4) is 0 Å². The number of nitrogens with zero attached hydrogens (tertiary/aromatic N) is 2. The molecule has 2 N–H and O–H groups in total. The van der Waals surface area contributed by atoms with Crippen molar-refractivity contribution in [3.05, 3.63) is 77.9 Å². The van der Waals surface area contributed by atoms with Crippen LogP contribution in [-0.2, 0) is 14.3 Å². The summed E-state index contributed by atoms with van der Waals surface area (Å²) in [4.78, 5) is 33.1. The number of allylic oxidation sites excluding steroid dienone is 1. The molecule has 0 aromatic heterocycles. The Balaban J connectivity index is 1.75. The Morgan fingerprint density at radius 2 is 1.82 bits per heavy atom. The van der Waals surface area contributed by atoms with Crippen molar-refractivity contribution in [2.24, 2.45) is 28.3 Å². The van der Waals surface area contributed by atoms with Gasteiger partial charge in [0.25, 0.3) is 0 Å². The number of ether oxygens (including phenoxy) is 4. The molecule has 55 heavy (non-hydrogen) atoms. The van der Waals surface area contributed by atoms with Crippen LogP contribution >= 0.6 is 0 Å². The van der Waals surface area contributed by atoms with Crippen molar-refractivity contribution in [3.8, 4) is 17.2 Å². The maximum Gasteiger partial charge on any atom is 0.410 e. The SMILES string of the molecule is C=CCO[C@@]12Oc3ccc(Oc4cccc(C=O)c4)cc3[C@H]3[C@H](CCCCO)[C@@H](CCCCO)C=C(C(=NOC)C[C@@H]1N(CCC)C(=O)OCC(C)(C)C)[C@H]32. The van der Waals surface area contributed by atoms with Crippen molar-refractivity contribution >= 4 is 18.1 Å². The van der Waals surface area contributed by atoms with Crippen LogP contribution in [0.15, 0.2) is 71.9 Å². The molecule has 1 amide bonds. The number of aldehydes is 1. The second kappa shape index (κ2) is 19.1. The van der Waals surface area contributed by atoms with Gasteiger partial charge in [0.15, 0.2) is 0 Å². The van der Waals surface area contributed by atoms with Gasteiger partial charge < -0.3 is 34.0 Å². The highest BCUT2D eigenvalue weighted by Crippen LogP contribution is 2.62. The third-order valence-electron chi connectivity index (χ3n) is 10.8. The van der Waals surface area contributed by atoms with Crippen molar-refractivity contribution in [2.75, 3.05) is 40.1 Å². The number of oxime groups is 1. The summed E-state index contributed by atoms with van der Waals surface area (Å²) < 4.78 is 26.6. The van der Waals surface area contributed by atoms with Crippen LogP contribution < -0.4 is 9.47 Å². The molecule has 5 rings (SSSR count). The zero-order valence-corrected chi connectivity index (χ0v) is 33.2. The lowest BCUT2D eigenvalue weighted by Crippen LogP contribution is -2.70. The average molecular weight is 761 g/mol. The van der Waals surface area contributed by atoms with Gasteiger partial charge in [0.05, 0.1) is 24.8 Å². The summed E-state index contributed by atoms with van der Waals surface area (Å²) in [6.45, 7) is 13.1. The van der Waals surface area contributed by atoms with Crippen molar-refractivity contribution in [3.63, 3.8) is 0 Å². The van der Waals surface area contributed by atoms with Crippen molar-refractivity contribution < 1.29 is 43.6 Å². The molecule has 0 radical (unpaired) electrons. The number of amides is 1. The van der Waals surface area contributed by atoms with Crippen molar-refractivity contribution in [1.29, 1.82) is 0 Å². The molecule has 1 fully saturated rings. The van der Waals surface area contributed by atoms with Crippen molar-refractivity contribution in [1.82, 2.24) is 4.90 Å². The molecule has 3 aliphatic rings. The molecule has 1 saturated carbocycles. The highest BCUT2D eigenvalue weighted by atomic mass is 16.7. The topological polar surface area (TPSA) is 136 Å². The Morgan fingerprint density at radius 3 is 2.49 bits per heavy atom. The van der Waals surface area contributed by atoms with Gasteiger partial charge in [0.2, 0.25) is 5.79 Å². The first-order chi connectivity index (χ1) is 26.5. The van der Waals surface area contributed by atoms with E-state index in [1.54, 1.807) is 29.2 Å². The van der Waals surface area contributed by atoms with E-state index in [0.29, 0.717) is 55.0 Å². The lowest BCUT2D eigenvalue weighted by molar-refractivity contribution is -0.255. The van der Waals surface area contributed by atoms with Crippen LogP contribution in [0.2, 0.25) is 0 Å². The number of carbonyl (C=O) groups excluding carboxylic acids is 2. The quantitative estimate of drug-likeness (QED) is 0.0626. The molecule has 0 bridgehead atoms. The number of carbonyl (C=O) groups is 2. The predicted molar refractivity (Wildman–Crippen MR) is 212 cm³/mol. The smallest absolute Gasteiger partial charge is 0.410 e. The molecule has 11 nitrogen and oxygen atoms in total. The molecule has 11 heteroatoms. The van der Waals surface area contributed by atoms with E-state index in [2.05, 4.69) is 17.8 Å². The highest BCUT2D eigenvalue weighted by Gasteiger charge is 2.65. The van der Waals surface area contributed by atoms with Crippen LogP contribution in [0.25, 0.3) is 0 Å². The Labute approximate surface area is 326 Å². The predicted octanol–water partition coefficient (Wildman–Crippen LogP) is 8.45. The first-order valence-electron chi connectivity index (χ1n) is 19.8. The Kier molecular flexibility index (Phi) is 14.6. The van der Waals surface area contributed by atoms with Crippen LogP contribution in [0.1, 0.15) is 101 Å². The number of rotatable bonds is 19. The number of aliphatic hydroxyl groups is 2. The third-order valence-corrected chi connectivity index (χ3v) is 10.8. The van der Waals surface area contributed by atoms with E-state index in [1.807, 2.05) is 52.0 Å². The van der Waals surface area contributed by atoms with Gasteiger partial charge >= 0.3 is 6.09 Å². The summed E-state index contributed by atoms with van der Waals surface area (Å²) in [5.41, 5.74) is 2.88. The van der Waals surface area contributed by atoms with E-state index in [0.717, 1.165) is 48.8 Å². The van der Waals surface area contributed by atoms with E-state index < -0.39 is 23.8 Å². The first kappa shape index (κ1) is 42.0. The summed E-state index contributed by atoms with van der Waals surface area (Å²) in [5, 5.41) is 24.3. The third kappa shape index (κ3) is 9.62. The van der Waals surface area contributed by atoms with E-state index in [9.17, 15) is 19.8 Å². The molecule has 0 unspecified atom stereocenters. The standard InChI is InChI=1S/C44H60N2O9/c1-7-20-46(42(50)52-29-43(3,4)5)39-27-37(45-51-6)35-25-31(15-9-11-21-47)34(17-10-12-22-48)40-36-26-33(54-32-16-13-14-30(24-32)28-49)18-19-38(36)55-44(39,41(35)40)53-23-8-2/h8,13-14,16,18-19,24-26,28,31,34,39-41,47-48H,2,7,9-12,15,17,20-23,27,29H2,1,3-6H3/t31-,34+,39-,40+,41+,44+/m0/s1. The minimum absolute atomic E-state index is 0.0667. The molecular formula is C44H60N2O9. The van der Waals surface area contributed by atoms with Gasteiger partial charge in [-0.15, -0.1) is 6.58 Å². The van der Waals surface area contributed by atoms with E-state index in [1.165, 1.54) is 7.11 Å². The number of benzene rings is 2. The molecule has 1 heterocycles. The van der Waals surface area contributed by atoms with Gasteiger partial charge in [0, 0.05) is 43.2 Å². The minimum atomic E-state index is -1.37. The molecule has 2 aromatic carbocycles. The maximum absolute atomic E-state index is 14.2. The van der Waals surface area contributed by atoms with Crippen LogP contribution in [0.5, 0.6) is 17.2 Å². The lowest BCUT2D eigenvalue weighted by Gasteiger charge is -2.60. The fourth-order valence-electron chi connectivity index (χ4n) is 8.59. The molecule has 2 aliphatic carbocycles. The summed E-state index contributed by atoms with van der Waals surface area (Å²) in [5.74, 6) is -0.0997. The Hall–Kier alpha value is -4.19. The highest BCUT2D eigenvalue weighted by molar-refractivity contribution is 6.03. The van der Waals surface area contributed by atoms with Gasteiger partial charge in [-0.2, -0.15) is 0 Å². The van der Waals surface area contributed by atoms with Crippen molar-refractivity contribution in [2.45, 2.75) is 96.8 Å². The van der Waals surface area contributed by atoms with E-state index >= 15 is 0 Å². The molecule has 6 atom stereocenters. The number of unbranched alkanes of at least 4 members (excludes halogenated alkanes) is 2. The molecule has 0 spiro atoms. The van der Waals surface area contributed by atoms with E-state index in [4.69, 9.17) is 23.8 Å². The average Bonchev–Trinajstić information content (AvgIpc) is 3.17. The zero-order valence-electron chi connectivity index (χ0n) is 33.2. The molecule has 2 aromatic rings. The number of hydrogen-bond acceptors (Lipinski definition) is 10. The van der Waals surface area contributed by atoms with Gasteiger partial charge in [-0.05, 0) is 85.3 Å². The van der Waals surface area contributed by atoms with E-state index in [-0.39, 0.29) is 49.6 Å². The largest absolute Gasteiger partial charge is 0.459 e. The number of fused-ring (bicyclic) bond motifs is 2. The second-order valence-corrected chi connectivity index (χ2v) is 16.1. The van der Waals surface area contributed by atoms with Crippen LogP contribution in [0, 0.1) is 23.2 Å². The summed E-state index contributed by atoms with van der Waals surface area (Å²) in [6.07, 6.45) is 9.96. The first-order valence-corrected chi connectivity index (χ1v) is 19.8. The molecule has 1 aliphatic heterocycles. The van der Waals surface area contributed by atoms with Gasteiger partial charge in [-0.25, -0.2) is 4.79 Å². The van der Waals surface area contributed by atoms with Gasteiger partial charge in [-0.3, -0.25) is 9.69 Å². The van der Waals surface area contributed by atoms with Gasteiger partial charge in [0.1, 0.15) is 36.7 Å². The molecule has 0 saturated heterocycles. The zero-order chi connectivity index (χ0) is 39.6. The maximum atomic E-state index is 14.2. The molecule has 300 valence electrons. The van der Waals surface area contributed by atoms with Crippen LogP contribution in [0.4, 0.5) is 4.79 Å². The number of hydrogen-bond donors (Lipinski definition) is 2. The summed E-state index contributed by atoms with van der Waals surface area (Å²) in [7, 11) is 1.53. The second-order valence-electron chi connectivity index (χ2n) is 16.1. The van der Waals surface area contributed by atoms with Crippen LogP contribution in [-0.4, -0.2) is 85.1 Å². The fourth-order valence-corrected chi connectivity index (χ4v) is 8.59. The van der Waals surface area contributed by atoms with Gasteiger partial charge in [-0.1, -0.05) is 70.0 Å². The lowest BCUT2D eigenvalue weighted by atomic mass is 9.55. The summed E-state index contributed by atoms with van der Waals surface area (Å²) in [6, 6.07) is 12.2. The summed E-state index contributed by atoms with van der Waals surface area (Å²) >= 11 is 0. The fraction of sp³-hybridized carbons (Fsp3) is 0.568. The monoisotopic (exact) mass is 760 g/mol.